The molecule has 3 rings (SSSR count). The van der Waals surface area contributed by atoms with E-state index in [2.05, 4.69) is 6.92 Å². The van der Waals surface area contributed by atoms with Crippen LogP contribution in [0, 0.1) is 0 Å². The molecule has 2 aromatic rings. The van der Waals surface area contributed by atoms with E-state index in [-0.39, 0.29) is 29.6 Å². The number of unbranched alkanes of at least 4 members (excludes halogenated alkanes) is 6. The lowest BCUT2D eigenvalue weighted by Crippen LogP contribution is -2.30. The maximum Gasteiger partial charge on any atom is 0.311 e. The van der Waals surface area contributed by atoms with E-state index in [0.29, 0.717) is 23.3 Å². The van der Waals surface area contributed by atoms with E-state index in [9.17, 15) is 20.1 Å². The molecule has 3 N–H and O–H groups in total. The number of carbonyl (C=O) groups is 1. The molecule has 0 unspecified atom stereocenters. The van der Waals surface area contributed by atoms with Crippen LogP contribution in [0.3, 0.4) is 0 Å². The van der Waals surface area contributed by atoms with Gasteiger partial charge in [-0.15, -0.1) is 0 Å². The molecule has 0 spiro atoms. The number of esters is 1. The maximum absolute atomic E-state index is 12.2. The second-order valence-electron chi connectivity index (χ2n) is 8.17. The standard InChI is InChI=1S/C25H32O6/c1-2-3-4-5-6-7-8-12-24(29)30-19-14-21(27)20-16-22(28)25(31-23(20)15-19)17-10-9-11-18(26)13-17/h9-11,13-15,22,25-28H,2-8,12,16H2,1H3/t22-,25-/m0/s1. The molecule has 6 heteroatoms. The first-order valence-electron chi connectivity index (χ1n) is 11.2. The van der Waals surface area contributed by atoms with Gasteiger partial charge in [-0.05, 0) is 24.1 Å². The second-order valence-corrected chi connectivity index (χ2v) is 8.17. The molecular weight excluding hydrogens is 396 g/mol. The molecular formula is C25H32O6. The molecule has 0 radical (unpaired) electrons. The van der Waals surface area contributed by atoms with E-state index in [4.69, 9.17) is 9.47 Å². The number of fused-ring (bicyclic) bond motifs is 1. The first-order chi connectivity index (χ1) is 15.0. The van der Waals surface area contributed by atoms with Gasteiger partial charge in [0.1, 0.15) is 29.1 Å². The van der Waals surface area contributed by atoms with Crippen molar-refractivity contribution < 1.29 is 29.6 Å². The summed E-state index contributed by atoms with van der Waals surface area (Å²) in [6.07, 6.45) is 6.77. The van der Waals surface area contributed by atoms with E-state index < -0.39 is 12.2 Å². The summed E-state index contributed by atoms with van der Waals surface area (Å²) >= 11 is 0. The van der Waals surface area contributed by atoms with Crippen LogP contribution in [0.2, 0.25) is 0 Å². The first-order valence-corrected chi connectivity index (χ1v) is 11.2. The molecule has 0 saturated heterocycles. The number of hydrogen-bond acceptors (Lipinski definition) is 6. The highest BCUT2D eigenvalue weighted by Gasteiger charge is 2.32. The lowest BCUT2D eigenvalue weighted by atomic mass is 9.94. The van der Waals surface area contributed by atoms with Crippen LogP contribution in [0.15, 0.2) is 36.4 Å². The fraction of sp³-hybridized carbons (Fsp3) is 0.480. The normalized spacial score (nSPS) is 17.6. The lowest BCUT2D eigenvalue weighted by Gasteiger charge is -2.31. The van der Waals surface area contributed by atoms with Gasteiger partial charge in [-0.25, -0.2) is 0 Å². The first kappa shape index (κ1) is 22.9. The second kappa shape index (κ2) is 11.0. The summed E-state index contributed by atoms with van der Waals surface area (Å²) in [4.78, 5) is 12.2. The number of hydrogen-bond donors (Lipinski definition) is 3. The van der Waals surface area contributed by atoms with Crippen molar-refractivity contribution in [2.75, 3.05) is 0 Å². The number of benzene rings is 2. The third-order valence-electron chi connectivity index (χ3n) is 5.59. The van der Waals surface area contributed by atoms with Crippen molar-refractivity contribution in [2.24, 2.45) is 0 Å². The van der Waals surface area contributed by atoms with Gasteiger partial charge in [0.25, 0.3) is 0 Å². The Morgan fingerprint density at radius 3 is 2.55 bits per heavy atom. The van der Waals surface area contributed by atoms with Crippen molar-refractivity contribution in [3.63, 3.8) is 0 Å². The minimum atomic E-state index is -0.883. The third kappa shape index (κ3) is 6.37. The quantitative estimate of drug-likeness (QED) is 0.274. The third-order valence-corrected chi connectivity index (χ3v) is 5.59. The van der Waals surface area contributed by atoms with Gasteiger partial charge < -0.3 is 24.8 Å². The van der Waals surface area contributed by atoms with Crippen LogP contribution in [0.4, 0.5) is 0 Å². The molecule has 1 aliphatic rings. The van der Waals surface area contributed by atoms with Crippen molar-refractivity contribution in [3.05, 3.63) is 47.5 Å². The molecule has 0 saturated carbocycles. The Morgan fingerprint density at radius 1 is 1.06 bits per heavy atom. The molecule has 1 aliphatic heterocycles. The summed E-state index contributed by atoms with van der Waals surface area (Å²) in [6.45, 7) is 2.19. The Hall–Kier alpha value is -2.73. The predicted octanol–water partition coefficient (Wildman–Crippen LogP) is 5.18. The highest BCUT2D eigenvalue weighted by atomic mass is 16.5. The van der Waals surface area contributed by atoms with E-state index in [1.54, 1.807) is 24.3 Å². The largest absolute Gasteiger partial charge is 0.508 e. The number of carbonyl (C=O) groups excluding carboxylic acids is 1. The van der Waals surface area contributed by atoms with Crippen LogP contribution in [-0.2, 0) is 11.2 Å². The number of ether oxygens (including phenoxy) is 2. The highest BCUT2D eigenvalue weighted by Crippen LogP contribution is 2.42. The van der Waals surface area contributed by atoms with Crippen molar-refractivity contribution in [1.82, 2.24) is 0 Å². The molecule has 2 aromatic carbocycles. The van der Waals surface area contributed by atoms with Crippen LogP contribution in [0.5, 0.6) is 23.0 Å². The van der Waals surface area contributed by atoms with E-state index in [0.717, 1.165) is 19.3 Å². The molecule has 168 valence electrons. The van der Waals surface area contributed by atoms with Crippen molar-refractivity contribution in [2.45, 2.75) is 76.9 Å². The molecule has 0 fully saturated rings. The number of phenolic OH excluding ortho intramolecular Hbond substituents is 2. The Balaban J connectivity index is 1.59. The van der Waals surface area contributed by atoms with Gasteiger partial charge in [0.15, 0.2) is 0 Å². The molecule has 0 aliphatic carbocycles. The summed E-state index contributed by atoms with van der Waals surface area (Å²) in [5, 5.41) is 30.6. The molecule has 6 nitrogen and oxygen atoms in total. The number of aliphatic hydroxyl groups excluding tert-OH is 1. The SMILES string of the molecule is CCCCCCCCCC(=O)Oc1cc(O)c2c(c1)O[C@@H](c1cccc(O)c1)[C@@H](O)C2. The van der Waals surface area contributed by atoms with Gasteiger partial charge in [0.2, 0.25) is 0 Å². The van der Waals surface area contributed by atoms with Crippen molar-refractivity contribution in [3.8, 4) is 23.0 Å². The van der Waals surface area contributed by atoms with Gasteiger partial charge in [-0.2, -0.15) is 0 Å². The van der Waals surface area contributed by atoms with Gasteiger partial charge in [-0.3, -0.25) is 4.79 Å². The van der Waals surface area contributed by atoms with Crippen LogP contribution >= 0.6 is 0 Å². The van der Waals surface area contributed by atoms with Crippen LogP contribution in [-0.4, -0.2) is 27.4 Å². The topological polar surface area (TPSA) is 96.2 Å². The molecule has 1 heterocycles. The average Bonchev–Trinajstić information content (AvgIpc) is 2.73. The summed E-state index contributed by atoms with van der Waals surface area (Å²) in [6, 6.07) is 9.46. The number of rotatable bonds is 10. The Morgan fingerprint density at radius 2 is 1.81 bits per heavy atom. The van der Waals surface area contributed by atoms with Gasteiger partial charge in [0.05, 0.1) is 6.10 Å². The maximum atomic E-state index is 12.2. The van der Waals surface area contributed by atoms with Gasteiger partial charge in [-0.1, -0.05) is 57.6 Å². The zero-order valence-corrected chi connectivity index (χ0v) is 18.0. The van der Waals surface area contributed by atoms with Gasteiger partial charge in [0, 0.05) is 30.5 Å². The molecule has 0 bridgehead atoms. The summed E-state index contributed by atoms with van der Waals surface area (Å²) in [7, 11) is 0. The zero-order valence-electron chi connectivity index (χ0n) is 18.0. The average molecular weight is 429 g/mol. The minimum absolute atomic E-state index is 0.0787. The van der Waals surface area contributed by atoms with Crippen molar-refractivity contribution >= 4 is 5.97 Å². The number of aliphatic hydroxyl groups is 1. The zero-order chi connectivity index (χ0) is 22.2. The van der Waals surface area contributed by atoms with E-state index >= 15 is 0 Å². The minimum Gasteiger partial charge on any atom is -0.508 e. The predicted molar refractivity (Wildman–Crippen MR) is 118 cm³/mol. The Bertz CT molecular complexity index is 878. The highest BCUT2D eigenvalue weighted by molar-refractivity contribution is 5.73. The van der Waals surface area contributed by atoms with Crippen LogP contribution < -0.4 is 9.47 Å². The van der Waals surface area contributed by atoms with E-state index in [1.165, 1.54) is 37.8 Å². The number of aromatic hydroxyl groups is 2. The van der Waals surface area contributed by atoms with E-state index in [1.807, 2.05) is 0 Å². The fourth-order valence-corrected chi connectivity index (χ4v) is 3.91. The summed E-state index contributed by atoms with van der Waals surface area (Å²) < 4.78 is 11.3. The monoisotopic (exact) mass is 428 g/mol. The Kier molecular flexibility index (Phi) is 8.18. The van der Waals surface area contributed by atoms with Gasteiger partial charge >= 0.3 is 5.97 Å². The molecule has 2 atom stereocenters. The summed E-state index contributed by atoms with van der Waals surface area (Å²) in [5.41, 5.74) is 1.09. The molecule has 0 amide bonds. The lowest BCUT2D eigenvalue weighted by molar-refractivity contribution is -0.134. The molecule has 31 heavy (non-hydrogen) atoms. The molecule has 0 aromatic heterocycles. The summed E-state index contributed by atoms with van der Waals surface area (Å²) in [5.74, 6) is 0.237. The fourth-order valence-electron chi connectivity index (χ4n) is 3.91. The number of phenols is 2. The van der Waals surface area contributed by atoms with Crippen LogP contribution in [0.1, 0.15) is 75.5 Å². The Labute approximate surface area is 183 Å². The van der Waals surface area contributed by atoms with Crippen molar-refractivity contribution in [1.29, 1.82) is 0 Å². The van der Waals surface area contributed by atoms with Crippen LogP contribution in [0.25, 0.3) is 0 Å². The smallest absolute Gasteiger partial charge is 0.311 e.